The summed E-state index contributed by atoms with van der Waals surface area (Å²) in [5.41, 5.74) is 0. The van der Waals surface area contributed by atoms with E-state index >= 15 is 0 Å². The van der Waals surface area contributed by atoms with Gasteiger partial charge in [0.1, 0.15) is 24.7 Å². The van der Waals surface area contributed by atoms with Crippen molar-refractivity contribution in [2.45, 2.75) is 10.5 Å². The third kappa shape index (κ3) is 3.25. The molecule has 0 spiro atoms. The lowest BCUT2D eigenvalue weighted by molar-refractivity contribution is 0.320. The van der Waals surface area contributed by atoms with Crippen LogP contribution in [-0.2, 0) is 0 Å². The molecule has 2 aliphatic heterocycles. The van der Waals surface area contributed by atoms with E-state index in [1.54, 1.807) is 0 Å². The van der Waals surface area contributed by atoms with Gasteiger partial charge in [0.25, 0.3) is 0 Å². The molecule has 0 N–H and O–H groups in total. The highest BCUT2D eigenvalue weighted by Gasteiger charge is 2.23. The van der Waals surface area contributed by atoms with Crippen molar-refractivity contribution in [1.82, 2.24) is 0 Å². The first-order chi connectivity index (χ1) is 7.90. The zero-order valence-electron chi connectivity index (χ0n) is 8.93. The lowest BCUT2D eigenvalue weighted by atomic mass is 10.3. The molecule has 0 amide bonds. The molecule has 2 fully saturated rings. The second-order valence-corrected chi connectivity index (χ2v) is 6.67. The maximum Gasteiger partial charge on any atom is 0.119 e. The van der Waals surface area contributed by atoms with Gasteiger partial charge in [0.05, 0.1) is 0 Å². The van der Waals surface area contributed by atoms with E-state index in [0.29, 0.717) is 0 Å². The molecule has 2 aliphatic rings. The Balaban J connectivity index is 1.47. The summed E-state index contributed by atoms with van der Waals surface area (Å²) in [5.74, 6) is 4.39. The fraction of sp³-hybridized carbons (Fsp3) is 0.500. The first-order valence-electron chi connectivity index (χ1n) is 5.49. The van der Waals surface area contributed by atoms with Crippen molar-refractivity contribution < 1.29 is 9.47 Å². The van der Waals surface area contributed by atoms with Crippen LogP contribution in [0.3, 0.4) is 0 Å². The first-order valence-corrected chi connectivity index (χ1v) is 7.59. The van der Waals surface area contributed by atoms with Crippen molar-refractivity contribution in [1.29, 1.82) is 0 Å². The van der Waals surface area contributed by atoms with Crippen LogP contribution in [0.15, 0.2) is 24.3 Å². The molecule has 4 heteroatoms. The molecule has 2 unspecified atom stereocenters. The predicted octanol–water partition coefficient (Wildman–Crippen LogP) is 2.68. The number of hydrogen-bond acceptors (Lipinski definition) is 4. The summed E-state index contributed by atoms with van der Waals surface area (Å²) in [6.07, 6.45) is 0. The van der Waals surface area contributed by atoms with Gasteiger partial charge in [-0.25, -0.2) is 0 Å². The SMILES string of the molecule is c1cc(OCC2CS2)ccc1OCC1CS1. The molecule has 2 nitrogen and oxygen atoms in total. The summed E-state index contributed by atoms with van der Waals surface area (Å²) in [6, 6.07) is 7.95. The molecule has 0 saturated carbocycles. The van der Waals surface area contributed by atoms with Crippen LogP contribution in [0.4, 0.5) is 0 Å². The first kappa shape index (κ1) is 10.7. The van der Waals surface area contributed by atoms with Gasteiger partial charge in [-0.3, -0.25) is 0 Å². The number of thioether (sulfide) groups is 2. The number of rotatable bonds is 6. The van der Waals surface area contributed by atoms with E-state index in [9.17, 15) is 0 Å². The third-order valence-corrected chi connectivity index (χ3v) is 4.38. The Hall–Kier alpha value is -0.480. The molecule has 2 saturated heterocycles. The summed E-state index contributed by atoms with van der Waals surface area (Å²) in [6.45, 7) is 1.67. The van der Waals surface area contributed by atoms with E-state index in [1.165, 1.54) is 11.5 Å². The zero-order chi connectivity index (χ0) is 10.8. The van der Waals surface area contributed by atoms with Crippen LogP contribution >= 0.6 is 23.5 Å². The third-order valence-electron chi connectivity index (χ3n) is 2.50. The Kier molecular flexibility index (Phi) is 3.20. The molecule has 2 heterocycles. The van der Waals surface area contributed by atoms with Gasteiger partial charge in [0, 0.05) is 22.0 Å². The lowest BCUT2D eigenvalue weighted by Crippen LogP contribution is -2.04. The van der Waals surface area contributed by atoms with Gasteiger partial charge >= 0.3 is 0 Å². The minimum absolute atomic E-state index is 0.725. The summed E-state index contributed by atoms with van der Waals surface area (Å²) in [4.78, 5) is 0. The van der Waals surface area contributed by atoms with Crippen LogP contribution in [0.5, 0.6) is 11.5 Å². The molecule has 0 aliphatic carbocycles. The Labute approximate surface area is 104 Å². The summed E-state index contributed by atoms with van der Waals surface area (Å²) in [5, 5.41) is 1.45. The summed E-state index contributed by atoms with van der Waals surface area (Å²) in [7, 11) is 0. The average molecular weight is 254 g/mol. The van der Waals surface area contributed by atoms with Gasteiger partial charge in [-0.05, 0) is 24.3 Å². The number of ether oxygens (including phenoxy) is 2. The van der Waals surface area contributed by atoms with Crippen molar-refractivity contribution in [3.63, 3.8) is 0 Å². The minimum atomic E-state index is 0.725. The average Bonchev–Trinajstić information content (AvgIpc) is 3.17. The van der Waals surface area contributed by atoms with Crippen LogP contribution in [-0.4, -0.2) is 35.2 Å². The van der Waals surface area contributed by atoms with Gasteiger partial charge in [-0.15, -0.1) is 0 Å². The van der Waals surface area contributed by atoms with Crippen LogP contribution in [0.25, 0.3) is 0 Å². The van der Waals surface area contributed by atoms with Crippen molar-refractivity contribution in [2.24, 2.45) is 0 Å². The molecule has 16 heavy (non-hydrogen) atoms. The summed E-state index contributed by atoms with van der Waals surface area (Å²) >= 11 is 3.91. The Morgan fingerprint density at radius 2 is 1.25 bits per heavy atom. The van der Waals surface area contributed by atoms with Crippen LogP contribution < -0.4 is 9.47 Å². The van der Waals surface area contributed by atoms with E-state index in [2.05, 4.69) is 0 Å². The fourth-order valence-electron chi connectivity index (χ4n) is 1.34. The van der Waals surface area contributed by atoms with Crippen molar-refractivity contribution >= 4 is 23.5 Å². The Morgan fingerprint density at radius 1 is 0.875 bits per heavy atom. The molecule has 3 rings (SSSR count). The molecule has 1 aromatic carbocycles. The van der Waals surface area contributed by atoms with E-state index in [0.717, 1.165) is 35.2 Å². The van der Waals surface area contributed by atoms with Crippen LogP contribution in [0.2, 0.25) is 0 Å². The highest BCUT2D eigenvalue weighted by atomic mass is 32.2. The van der Waals surface area contributed by atoms with E-state index < -0.39 is 0 Å². The van der Waals surface area contributed by atoms with Gasteiger partial charge in [-0.2, -0.15) is 23.5 Å². The Bertz CT molecular complexity index is 310. The highest BCUT2D eigenvalue weighted by Crippen LogP contribution is 2.32. The maximum atomic E-state index is 5.64. The smallest absolute Gasteiger partial charge is 0.119 e. The standard InChI is InChI=1S/C12H14O2S2/c1-2-10(14-6-12-8-16-12)4-3-9(1)13-5-11-7-15-11/h1-4,11-12H,5-8H2. The number of benzene rings is 1. The van der Waals surface area contributed by atoms with E-state index in [4.69, 9.17) is 9.47 Å². The van der Waals surface area contributed by atoms with Crippen LogP contribution in [0, 0.1) is 0 Å². The quantitative estimate of drug-likeness (QED) is 0.726. The largest absolute Gasteiger partial charge is 0.492 e. The minimum Gasteiger partial charge on any atom is -0.492 e. The topological polar surface area (TPSA) is 18.5 Å². The van der Waals surface area contributed by atoms with Gasteiger partial charge in [0.2, 0.25) is 0 Å². The molecule has 0 bridgehead atoms. The molecule has 0 radical (unpaired) electrons. The molecule has 2 atom stereocenters. The fourth-order valence-corrected chi connectivity index (χ4v) is 2.13. The van der Waals surface area contributed by atoms with Crippen LogP contribution in [0.1, 0.15) is 0 Å². The van der Waals surface area contributed by atoms with Gasteiger partial charge < -0.3 is 9.47 Å². The second-order valence-electron chi connectivity index (χ2n) is 4.00. The normalized spacial score (nSPS) is 26.2. The van der Waals surface area contributed by atoms with Crippen molar-refractivity contribution in [2.75, 3.05) is 24.7 Å². The van der Waals surface area contributed by atoms with Crippen molar-refractivity contribution in [3.05, 3.63) is 24.3 Å². The maximum absolute atomic E-state index is 5.64. The van der Waals surface area contributed by atoms with E-state index in [1.807, 2.05) is 47.8 Å². The number of hydrogen-bond donors (Lipinski definition) is 0. The van der Waals surface area contributed by atoms with Crippen molar-refractivity contribution in [3.8, 4) is 11.5 Å². The molecular formula is C12H14O2S2. The molecular weight excluding hydrogens is 240 g/mol. The second kappa shape index (κ2) is 4.80. The predicted molar refractivity (Wildman–Crippen MR) is 69.9 cm³/mol. The molecule has 1 aromatic rings. The highest BCUT2D eigenvalue weighted by molar-refractivity contribution is 8.07. The van der Waals surface area contributed by atoms with E-state index in [-0.39, 0.29) is 0 Å². The molecule has 0 aromatic heterocycles. The zero-order valence-corrected chi connectivity index (χ0v) is 10.6. The molecule has 86 valence electrons. The van der Waals surface area contributed by atoms with Gasteiger partial charge in [0.15, 0.2) is 0 Å². The Morgan fingerprint density at radius 3 is 1.56 bits per heavy atom. The lowest BCUT2D eigenvalue weighted by Gasteiger charge is -2.07. The monoisotopic (exact) mass is 254 g/mol. The van der Waals surface area contributed by atoms with Gasteiger partial charge in [-0.1, -0.05) is 0 Å². The summed E-state index contributed by atoms with van der Waals surface area (Å²) < 4.78 is 11.3.